The smallest absolute Gasteiger partial charge is 0.276 e. The highest BCUT2D eigenvalue weighted by Gasteiger charge is 2.26. The molecule has 1 atom stereocenters. The molecule has 6 nitrogen and oxygen atoms in total. The highest BCUT2D eigenvalue weighted by Crippen LogP contribution is 2.19. The van der Waals surface area contributed by atoms with Gasteiger partial charge in [-0.15, -0.1) is 0 Å². The van der Waals surface area contributed by atoms with Crippen LogP contribution in [0.15, 0.2) is 10.6 Å². The average molecular weight is 293 g/mol. The molecule has 0 aliphatic carbocycles. The number of amides is 1. The maximum absolute atomic E-state index is 12.5. The molecule has 0 radical (unpaired) electrons. The molecule has 3 rings (SSSR count). The Labute approximate surface area is 125 Å². The lowest BCUT2D eigenvalue weighted by atomic mass is 10.0. The van der Waals surface area contributed by atoms with Gasteiger partial charge in [0.25, 0.3) is 5.91 Å². The largest absolute Gasteiger partial charge is 0.379 e. The third kappa shape index (κ3) is 3.44. The molecular formula is C15H23N3O3. The van der Waals surface area contributed by atoms with Crippen LogP contribution in [0.1, 0.15) is 42.4 Å². The van der Waals surface area contributed by atoms with Crippen molar-refractivity contribution in [3.8, 4) is 0 Å². The van der Waals surface area contributed by atoms with Crippen LogP contribution >= 0.6 is 0 Å². The predicted molar refractivity (Wildman–Crippen MR) is 76.9 cm³/mol. The minimum Gasteiger partial charge on any atom is -0.379 e. The number of ether oxygens (including phenoxy) is 1. The van der Waals surface area contributed by atoms with Gasteiger partial charge in [0.05, 0.1) is 19.8 Å². The molecule has 21 heavy (non-hydrogen) atoms. The third-order valence-corrected chi connectivity index (χ3v) is 4.33. The SMILES string of the molecule is CC1CCCCN1C(=O)c1cc(CN2CCOCC2)on1. The van der Waals surface area contributed by atoms with Gasteiger partial charge in [0.1, 0.15) is 0 Å². The summed E-state index contributed by atoms with van der Waals surface area (Å²) in [6.45, 7) is 6.92. The summed E-state index contributed by atoms with van der Waals surface area (Å²) in [7, 11) is 0. The van der Waals surface area contributed by atoms with Crippen molar-refractivity contribution >= 4 is 5.91 Å². The number of aromatic nitrogens is 1. The predicted octanol–water partition coefficient (Wildman–Crippen LogP) is 1.52. The first-order valence-electron chi connectivity index (χ1n) is 7.80. The van der Waals surface area contributed by atoms with Gasteiger partial charge < -0.3 is 14.2 Å². The van der Waals surface area contributed by atoms with E-state index in [0.29, 0.717) is 18.3 Å². The average Bonchev–Trinajstić information content (AvgIpc) is 2.97. The maximum atomic E-state index is 12.5. The van der Waals surface area contributed by atoms with Gasteiger partial charge in [-0.25, -0.2) is 0 Å². The van der Waals surface area contributed by atoms with Crippen LogP contribution in [0.25, 0.3) is 0 Å². The second-order valence-corrected chi connectivity index (χ2v) is 5.91. The van der Waals surface area contributed by atoms with Gasteiger partial charge in [-0.3, -0.25) is 9.69 Å². The Morgan fingerprint density at radius 1 is 1.33 bits per heavy atom. The highest BCUT2D eigenvalue weighted by molar-refractivity contribution is 5.92. The fraction of sp³-hybridized carbons (Fsp3) is 0.733. The van der Waals surface area contributed by atoms with E-state index >= 15 is 0 Å². The van der Waals surface area contributed by atoms with Gasteiger partial charge in [0.2, 0.25) is 0 Å². The molecule has 3 heterocycles. The van der Waals surface area contributed by atoms with Crippen molar-refractivity contribution in [2.24, 2.45) is 0 Å². The first-order valence-corrected chi connectivity index (χ1v) is 7.80. The number of morpholine rings is 1. The van der Waals surface area contributed by atoms with Crippen LogP contribution < -0.4 is 0 Å². The molecule has 1 aromatic heterocycles. The second kappa shape index (κ2) is 6.58. The second-order valence-electron chi connectivity index (χ2n) is 5.91. The van der Waals surface area contributed by atoms with Crippen molar-refractivity contribution < 1.29 is 14.1 Å². The Bertz CT molecular complexity index is 482. The summed E-state index contributed by atoms with van der Waals surface area (Å²) in [5.41, 5.74) is 0.437. The number of piperidine rings is 1. The molecule has 6 heteroatoms. The van der Waals surface area contributed by atoms with E-state index in [4.69, 9.17) is 9.26 Å². The van der Waals surface area contributed by atoms with Gasteiger partial charge >= 0.3 is 0 Å². The number of hydrogen-bond acceptors (Lipinski definition) is 5. The van der Waals surface area contributed by atoms with Crippen molar-refractivity contribution in [2.45, 2.75) is 38.8 Å². The van der Waals surface area contributed by atoms with E-state index in [1.807, 2.05) is 4.90 Å². The van der Waals surface area contributed by atoms with E-state index in [1.165, 1.54) is 6.42 Å². The molecule has 2 saturated heterocycles. The Morgan fingerprint density at radius 2 is 2.14 bits per heavy atom. The van der Waals surface area contributed by atoms with E-state index < -0.39 is 0 Å². The van der Waals surface area contributed by atoms with Crippen LogP contribution in [0.5, 0.6) is 0 Å². The lowest BCUT2D eigenvalue weighted by molar-refractivity contribution is 0.0305. The Kier molecular flexibility index (Phi) is 4.55. The zero-order chi connectivity index (χ0) is 14.7. The normalized spacial score (nSPS) is 24.2. The molecule has 1 amide bonds. The lowest BCUT2D eigenvalue weighted by Gasteiger charge is -2.32. The molecule has 2 aliphatic heterocycles. The van der Waals surface area contributed by atoms with E-state index in [9.17, 15) is 4.79 Å². The first-order chi connectivity index (χ1) is 10.2. The summed E-state index contributed by atoms with van der Waals surface area (Å²) >= 11 is 0. The molecule has 0 N–H and O–H groups in total. The van der Waals surface area contributed by atoms with Crippen molar-refractivity contribution in [2.75, 3.05) is 32.8 Å². The van der Waals surface area contributed by atoms with Crippen LogP contribution in [0.4, 0.5) is 0 Å². The zero-order valence-electron chi connectivity index (χ0n) is 12.6. The number of carbonyl (C=O) groups excluding carboxylic acids is 1. The molecular weight excluding hydrogens is 270 g/mol. The Balaban J connectivity index is 1.62. The van der Waals surface area contributed by atoms with Crippen LogP contribution in [-0.4, -0.2) is 59.8 Å². The number of hydrogen-bond donors (Lipinski definition) is 0. The zero-order valence-corrected chi connectivity index (χ0v) is 12.6. The summed E-state index contributed by atoms with van der Waals surface area (Å²) < 4.78 is 10.7. The Hall–Kier alpha value is -1.40. The van der Waals surface area contributed by atoms with Gasteiger partial charge in [-0.2, -0.15) is 0 Å². The molecule has 0 bridgehead atoms. The lowest BCUT2D eigenvalue weighted by Crippen LogP contribution is -2.42. The van der Waals surface area contributed by atoms with Crippen molar-refractivity contribution in [1.82, 2.24) is 15.0 Å². The summed E-state index contributed by atoms with van der Waals surface area (Å²) in [4.78, 5) is 16.7. The maximum Gasteiger partial charge on any atom is 0.276 e. The molecule has 2 aliphatic rings. The standard InChI is InChI=1S/C15H23N3O3/c1-12-4-2-3-5-18(12)15(19)14-10-13(21-16-14)11-17-6-8-20-9-7-17/h10,12H,2-9,11H2,1H3. The van der Waals surface area contributed by atoms with Crippen LogP contribution in [0, 0.1) is 0 Å². The molecule has 0 aromatic carbocycles. The van der Waals surface area contributed by atoms with Gasteiger partial charge in [-0.1, -0.05) is 5.16 Å². The first kappa shape index (κ1) is 14.5. The van der Waals surface area contributed by atoms with E-state index in [2.05, 4.69) is 17.0 Å². The molecule has 116 valence electrons. The molecule has 0 saturated carbocycles. The quantitative estimate of drug-likeness (QED) is 0.845. The van der Waals surface area contributed by atoms with Crippen LogP contribution in [0.2, 0.25) is 0 Å². The summed E-state index contributed by atoms with van der Waals surface area (Å²) in [5.74, 6) is 0.754. The molecule has 1 unspecified atom stereocenters. The summed E-state index contributed by atoms with van der Waals surface area (Å²) in [6.07, 6.45) is 3.35. The summed E-state index contributed by atoms with van der Waals surface area (Å²) in [6, 6.07) is 2.09. The van der Waals surface area contributed by atoms with Crippen LogP contribution in [-0.2, 0) is 11.3 Å². The third-order valence-electron chi connectivity index (χ3n) is 4.33. The molecule has 1 aromatic rings. The number of carbonyl (C=O) groups is 1. The number of nitrogens with zero attached hydrogens (tertiary/aromatic N) is 3. The van der Waals surface area contributed by atoms with Crippen molar-refractivity contribution in [1.29, 1.82) is 0 Å². The van der Waals surface area contributed by atoms with E-state index in [-0.39, 0.29) is 5.91 Å². The van der Waals surface area contributed by atoms with Gasteiger partial charge in [-0.05, 0) is 26.2 Å². The fourth-order valence-corrected chi connectivity index (χ4v) is 3.01. The minimum atomic E-state index is -0.000762. The summed E-state index contributed by atoms with van der Waals surface area (Å²) in [5, 5.41) is 3.97. The molecule has 2 fully saturated rings. The number of rotatable bonds is 3. The van der Waals surface area contributed by atoms with E-state index in [1.54, 1.807) is 6.07 Å². The topological polar surface area (TPSA) is 58.8 Å². The van der Waals surface area contributed by atoms with Crippen LogP contribution in [0.3, 0.4) is 0 Å². The molecule has 0 spiro atoms. The number of likely N-dealkylation sites (tertiary alicyclic amines) is 1. The highest BCUT2D eigenvalue weighted by atomic mass is 16.5. The Morgan fingerprint density at radius 3 is 2.90 bits per heavy atom. The van der Waals surface area contributed by atoms with Gasteiger partial charge in [0.15, 0.2) is 11.5 Å². The van der Waals surface area contributed by atoms with Crippen molar-refractivity contribution in [3.05, 3.63) is 17.5 Å². The minimum absolute atomic E-state index is 0.000762. The van der Waals surface area contributed by atoms with Crippen molar-refractivity contribution in [3.63, 3.8) is 0 Å². The van der Waals surface area contributed by atoms with Gasteiger partial charge in [0, 0.05) is 31.7 Å². The monoisotopic (exact) mass is 293 g/mol. The van der Waals surface area contributed by atoms with E-state index in [0.717, 1.165) is 51.4 Å². The fourth-order valence-electron chi connectivity index (χ4n) is 3.01.